The van der Waals surface area contributed by atoms with Gasteiger partial charge >= 0.3 is 0 Å². The average Bonchev–Trinajstić information content (AvgIpc) is 2.68. The van der Waals surface area contributed by atoms with Crippen molar-refractivity contribution in [3.63, 3.8) is 0 Å². The van der Waals surface area contributed by atoms with Gasteiger partial charge in [0.2, 0.25) is 0 Å². The van der Waals surface area contributed by atoms with Gasteiger partial charge in [0, 0.05) is 38.8 Å². The maximum atomic E-state index is 5.47. The molecule has 4 saturated carbocycles. The van der Waals surface area contributed by atoms with Crippen molar-refractivity contribution < 1.29 is 9.47 Å². The van der Waals surface area contributed by atoms with Crippen LogP contribution in [0.25, 0.3) is 0 Å². The number of methoxy groups -OCH3 is 2. The first-order valence-electron chi connectivity index (χ1n) is 10.9. The molecule has 0 radical (unpaired) electrons. The summed E-state index contributed by atoms with van der Waals surface area (Å²) in [6.45, 7) is 5.89. The van der Waals surface area contributed by atoms with Crippen LogP contribution in [0.1, 0.15) is 37.7 Å². The van der Waals surface area contributed by atoms with E-state index in [9.17, 15) is 0 Å². The fraction of sp³-hybridized carbons (Fsp3) is 0.739. The summed E-state index contributed by atoms with van der Waals surface area (Å²) in [5.74, 6) is 5.83. The van der Waals surface area contributed by atoms with Gasteiger partial charge in [0.05, 0.1) is 14.2 Å². The zero-order valence-corrected chi connectivity index (χ0v) is 16.9. The SMILES string of the molecule is COc1ccc(CN2CCN(C3C4CC5CC(C4)CC3C5)CC2)cc1OC. The Morgan fingerprint density at radius 3 is 2.04 bits per heavy atom. The normalized spacial score (nSPS) is 36.1. The van der Waals surface area contributed by atoms with E-state index in [4.69, 9.17) is 9.47 Å². The second kappa shape index (κ2) is 7.29. The van der Waals surface area contributed by atoms with E-state index in [1.165, 1.54) is 57.4 Å². The number of rotatable bonds is 5. The lowest BCUT2D eigenvalue weighted by Gasteiger charge is -2.58. The minimum atomic E-state index is 0.813. The van der Waals surface area contributed by atoms with E-state index >= 15 is 0 Å². The molecule has 6 rings (SSSR count). The van der Waals surface area contributed by atoms with E-state index in [1.54, 1.807) is 20.6 Å². The lowest BCUT2D eigenvalue weighted by atomic mass is 9.54. The highest BCUT2D eigenvalue weighted by Gasteiger charge is 2.50. The van der Waals surface area contributed by atoms with Gasteiger partial charge in [-0.25, -0.2) is 0 Å². The lowest BCUT2D eigenvalue weighted by Crippen LogP contribution is -2.60. The highest BCUT2D eigenvalue weighted by Crippen LogP contribution is 2.55. The number of piperazine rings is 1. The van der Waals surface area contributed by atoms with Gasteiger partial charge in [-0.2, -0.15) is 0 Å². The Morgan fingerprint density at radius 2 is 1.44 bits per heavy atom. The number of hydrogen-bond donors (Lipinski definition) is 0. The van der Waals surface area contributed by atoms with Crippen LogP contribution >= 0.6 is 0 Å². The monoisotopic (exact) mass is 370 g/mol. The summed E-state index contributed by atoms with van der Waals surface area (Å²) < 4.78 is 10.8. The Labute approximate surface area is 163 Å². The molecule has 1 heterocycles. The summed E-state index contributed by atoms with van der Waals surface area (Å²) in [4.78, 5) is 5.48. The fourth-order valence-electron chi connectivity index (χ4n) is 6.95. The number of hydrogen-bond acceptors (Lipinski definition) is 4. The predicted octanol–water partition coefficient (Wildman–Crippen LogP) is 3.65. The predicted molar refractivity (Wildman–Crippen MR) is 107 cm³/mol. The van der Waals surface area contributed by atoms with E-state index in [2.05, 4.69) is 21.9 Å². The molecule has 1 saturated heterocycles. The van der Waals surface area contributed by atoms with Crippen LogP contribution in [0, 0.1) is 23.7 Å². The average molecular weight is 371 g/mol. The molecule has 5 aliphatic rings. The Kier molecular flexibility index (Phi) is 4.81. The molecular weight excluding hydrogens is 336 g/mol. The van der Waals surface area contributed by atoms with E-state index in [0.29, 0.717) is 0 Å². The molecule has 27 heavy (non-hydrogen) atoms. The van der Waals surface area contributed by atoms with Crippen molar-refractivity contribution in [2.75, 3.05) is 40.4 Å². The van der Waals surface area contributed by atoms with E-state index in [-0.39, 0.29) is 0 Å². The molecular formula is C23H34N2O2. The molecule has 0 atom stereocenters. The molecule has 1 aromatic carbocycles. The maximum absolute atomic E-state index is 5.47. The molecule has 0 aromatic heterocycles. The Morgan fingerprint density at radius 1 is 0.815 bits per heavy atom. The summed E-state index contributed by atoms with van der Waals surface area (Å²) >= 11 is 0. The van der Waals surface area contributed by atoms with Gasteiger partial charge in [-0.05, 0) is 73.5 Å². The van der Waals surface area contributed by atoms with Crippen LogP contribution in [0.3, 0.4) is 0 Å². The molecule has 4 aliphatic carbocycles. The van der Waals surface area contributed by atoms with Gasteiger partial charge in [0.15, 0.2) is 11.5 Å². The smallest absolute Gasteiger partial charge is 0.161 e. The molecule has 0 spiro atoms. The molecule has 0 unspecified atom stereocenters. The quantitative estimate of drug-likeness (QED) is 0.790. The maximum Gasteiger partial charge on any atom is 0.161 e. The van der Waals surface area contributed by atoms with Crippen molar-refractivity contribution in [3.8, 4) is 11.5 Å². The van der Waals surface area contributed by atoms with Crippen LogP contribution in [0.2, 0.25) is 0 Å². The van der Waals surface area contributed by atoms with Crippen LogP contribution in [0.15, 0.2) is 18.2 Å². The van der Waals surface area contributed by atoms with Gasteiger partial charge in [0.1, 0.15) is 0 Å². The van der Waals surface area contributed by atoms with Gasteiger partial charge < -0.3 is 9.47 Å². The van der Waals surface area contributed by atoms with Crippen LogP contribution in [-0.4, -0.2) is 56.2 Å². The van der Waals surface area contributed by atoms with Crippen molar-refractivity contribution in [1.82, 2.24) is 9.80 Å². The standard InChI is InChI=1S/C23H34N2O2/c1-26-21-4-3-16(14-22(21)27-2)15-24-5-7-25(8-6-24)23-19-10-17-9-18(12-19)13-20(23)11-17/h3-4,14,17-20,23H,5-13,15H2,1-2H3. The van der Waals surface area contributed by atoms with Gasteiger partial charge in [-0.3, -0.25) is 9.80 Å². The van der Waals surface area contributed by atoms with Crippen LogP contribution in [0.4, 0.5) is 0 Å². The van der Waals surface area contributed by atoms with Gasteiger partial charge in [-0.15, -0.1) is 0 Å². The Bertz CT molecular complexity index is 640. The topological polar surface area (TPSA) is 24.9 Å². The van der Waals surface area contributed by atoms with Crippen LogP contribution in [-0.2, 0) is 6.54 Å². The lowest BCUT2D eigenvalue weighted by molar-refractivity contribution is -0.0769. The summed E-state index contributed by atoms with van der Waals surface area (Å²) in [5.41, 5.74) is 1.32. The van der Waals surface area contributed by atoms with E-state index < -0.39 is 0 Å². The zero-order valence-electron chi connectivity index (χ0n) is 16.9. The molecule has 4 heteroatoms. The third-order valence-electron chi connectivity index (χ3n) is 7.86. The van der Waals surface area contributed by atoms with Crippen molar-refractivity contribution in [2.45, 2.75) is 44.7 Å². The van der Waals surface area contributed by atoms with Crippen LogP contribution < -0.4 is 9.47 Å². The fourth-order valence-corrected chi connectivity index (χ4v) is 6.95. The first kappa shape index (κ1) is 17.8. The summed E-state index contributed by atoms with van der Waals surface area (Å²) in [6, 6.07) is 7.23. The van der Waals surface area contributed by atoms with Gasteiger partial charge in [0.25, 0.3) is 0 Å². The van der Waals surface area contributed by atoms with Crippen molar-refractivity contribution >= 4 is 0 Å². The third-order valence-corrected chi connectivity index (χ3v) is 7.86. The largest absolute Gasteiger partial charge is 0.493 e. The molecule has 148 valence electrons. The van der Waals surface area contributed by atoms with Crippen molar-refractivity contribution in [1.29, 1.82) is 0 Å². The molecule has 5 fully saturated rings. The minimum absolute atomic E-state index is 0.813. The number of benzene rings is 1. The van der Waals surface area contributed by atoms with E-state index in [0.717, 1.165) is 47.8 Å². The Balaban J connectivity index is 1.19. The summed E-state index contributed by atoms with van der Waals surface area (Å²) in [7, 11) is 3.41. The first-order valence-corrected chi connectivity index (χ1v) is 10.9. The molecule has 4 nitrogen and oxygen atoms in total. The second-order valence-electron chi connectivity index (χ2n) is 9.42. The Hall–Kier alpha value is -1.26. The minimum Gasteiger partial charge on any atom is -0.493 e. The first-order chi connectivity index (χ1) is 13.2. The van der Waals surface area contributed by atoms with E-state index in [1.807, 2.05) is 6.07 Å². The van der Waals surface area contributed by atoms with Crippen molar-refractivity contribution in [2.24, 2.45) is 23.7 Å². The van der Waals surface area contributed by atoms with Crippen molar-refractivity contribution in [3.05, 3.63) is 23.8 Å². The molecule has 1 aromatic rings. The second-order valence-corrected chi connectivity index (χ2v) is 9.42. The number of nitrogens with zero attached hydrogens (tertiary/aromatic N) is 2. The molecule has 1 aliphatic heterocycles. The molecule has 4 bridgehead atoms. The summed E-state index contributed by atoms with van der Waals surface area (Å²) in [6.07, 6.45) is 7.68. The third kappa shape index (κ3) is 3.36. The van der Waals surface area contributed by atoms with Crippen LogP contribution in [0.5, 0.6) is 11.5 Å². The molecule has 0 N–H and O–H groups in total. The summed E-state index contributed by atoms with van der Waals surface area (Å²) in [5, 5.41) is 0. The number of ether oxygens (including phenoxy) is 2. The highest BCUT2D eigenvalue weighted by molar-refractivity contribution is 5.42. The zero-order chi connectivity index (χ0) is 18.4. The molecule has 0 amide bonds. The highest BCUT2D eigenvalue weighted by atomic mass is 16.5. The van der Waals surface area contributed by atoms with Gasteiger partial charge in [-0.1, -0.05) is 6.07 Å².